The number of hydrogen-bond donors (Lipinski definition) is 0. The van der Waals surface area contributed by atoms with E-state index in [1.165, 1.54) is 7.11 Å². The van der Waals surface area contributed by atoms with Gasteiger partial charge < -0.3 is 14.2 Å². The molecule has 0 aromatic heterocycles. The van der Waals surface area contributed by atoms with E-state index in [-0.39, 0.29) is 12.1 Å². The fourth-order valence-electron chi connectivity index (χ4n) is 3.18. The first-order valence-electron chi connectivity index (χ1n) is 8.14. The maximum absolute atomic E-state index is 12.0. The Hall–Kier alpha value is -1.39. The Morgan fingerprint density at radius 1 is 1.18 bits per heavy atom. The lowest BCUT2D eigenvalue weighted by molar-refractivity contribution is -0.180. The second kappa shape index (κ2) is 7.25. The van der Waals surface area contributed by atoms with Gasteiger partial charge >= 0.3 is 5.97 Å². The lowest BCUT2D eigenvalue weighted by atomic mass is 10.00. The Morgan fingerprint density at radius 3 is 2.41 bits per heavy atom. The van der Waals surface area contributed by atoms with Crippen LogP contribution in [0.4, 0.5) is 0 Å². The Bertz CT molecular complexity index is 506. The van der Waals surface area contributed by atoms with Crippen molar-refractivity contribution in [1.82, 2.24) is 0 Å². The van der Waals surface area contributed by atoms with Crippen molar-refractivity contribution < 1.29 is 19.0 Å². The molecule has 122 valence electrons. The molecular weight excluding hydrogens is 280 g/mol. The molecule has 2 aliphatic rings. The highest BCUT2D eigenvalue weighted by Gasteiger charge is 2.52. The van der Waals surface area contributed by atoms with E-state index in [9.17, 15) is 4.79 Å². The van der Waals surface area contributed by atoms with E-state index in [2.05, 4.69) is 0 Å². The van der Waals surface area contributed by atoms with Gasteiger partial charge in [0.1, 0.15) is 6.10 Å². The van der Waals surface area contributed by atoms with Gasteiger partial charge in [-0.3, -0.25) is 0 Å². The van der Waals surface area contributed by atoms with Gasteiger partial charge in [0.15, 0.2) is 11.9 Å². The number of methoxy groups -OCH3 is 1. The number of aryl methyl sites for hydroxylation is 1. The number of benzene rings is 1. The number of hydrogen-bond acceptors (Lipinski definition) is 4. The highest BCUT2D eigenvalue weighted by Crippen LogP contribution is 2.47. The van der Waals surface area contributed by atoms with E-state index >= 15 is 0 Å². The minimum atomic E-state index is -0.667. The fourth-order valence-corrected chi connectivity index (χ4v) is 3.18. The monoisotopic (exact) mass is 306 g/mol. The molecule has 1 aromatic carbocycles. The molecule has 4 heteroatoms. The summed E-state index contributed by atoms with van der Waals surface area (Å²) < 4.78 is 17.1. The van der Waals surface area contributed by atoms with Crippen LogP contribution in [0.25, 0.3) is 0 Å². The van der Waals surface area contributed by atoms with Gasteiger partial charge in [0.2, 0.25) is 0 Å². The summed E-state index contributed by atoms with van der Waals surface area (Å²) in [5.41, 5.74) is 2.11. The summed E-state index contributed by atoms with van der Waals surface area (Å²) in [4.78, 5) is 12.0. The molecule has 1 saturated carbocycles. The predicted molar refractivity (Wildman–Crippen MR) is 84.4 cm³/mol. The second-order valence-electron chi connectivity index (χ2n) is 5.57. The van der Waals surface area contributed by atoms with Crippen LogP contribution < -0.4 is 0 Å². The van der Waals surface area contributed by atoms with E-state index < -0.39 is 11.9 Å². The third-order valence-corrected chi connectivity index (χ3v) is 4.25. The summed E-state index contributed by atoms with van der Waals surface area (Å²) in [5, 5.41) is 0. The van der Waals surface area contributed by atoms with Gasteiger partial charge in [0.25, 0.3) is 0 Å². The third kappa shape index (κ3) is 3.18. The summed E-state index contributed by atoms with van der Waals surface area (Å²) >= 11 is 0. The van der Waals surface area contributed by atoms with Gasteiger partial charge in [-0.05, 0) is 30.9 Å². The zero-order valence-corrected chi connectivity index (χ0v) is 13.9. The van der Waals surface area contributed by atoms with Gasteiger partial charge in [-0.1, -0.05) is 38.1 Å². The Kier molecular flexibility index (Phi) is 5.59. The quantitative estimate of drug-likeness (QED) is 0.777. The normalized spacial score (nSPS) is 25.6. The lowest BCUT2D eigenvalue weighted by Gasteiger charge is -2.22. The van der Waals surface area contributed by atoms with Crippen molar-refractivity contribution in [3.05, 3.63) is 35.4 Å². The van der Waals surface area contributed by atoms with Crippen LogP contribution in [-0.2, 0) is 19.0 Å². The summed E-state index contributed by atoms with van der Waals surface area (Å²) in [6.45, 7) is 6.02. The van der Waals surface area contributed by atoms with E-state index in [1.54, 1.807) is 0 Å². The second-order valence-corrected chi connectivity index (χ2v) is 5.57. The molecule has 4 nitrogen and oxygen atoms in total. The number of ether oxygens (including phenoxy) is 3. The summed E-state index contributed by atoms with van der Waals surface area (Å²) in [6.07, 6.45) is 2.81. The molecule has 2 fully saturated rings. The SMILES string of the molecule is CC.COC(=O)[C@H]1OC2(CCCC2)O[C@@H]1c1ccccc1C. The van der Waals surface area contributed by atoms with E-state index in [1.807, 2.05) is 45.0 Å². The van der Waals surface area contributed by atoms with Crippen LogP contribution in [0.2, 0.25) is 0 Å². The van der Waals surface area contributed by atoms with E-state index in [4.69, 9.17) is 14.2 Å². The van der Waals surface area contributed by atoms with Crippen molar-refractivity contribution >= 4 is 5.97 Å². The predicted octanol–water partition coefficient (Wildman–Crippen LogP) is 3.92. The summed E-state index contributed by atoms with van der Waals surface area (Å²) in [7, 11) is 1.39. The zero-order valence-electron chi connectivity index (χ0n) is 13.9. The smallest absolute Gasteiger partial charge is 0.338 e. The highest BCUT2D eigenvalue weighted by molar-refractivity contribution is 5.76. The minimum absolute atomic E-state index is 0.359. The zero-order chi connectivity index (χ0) is 16.2. The average molecular weight is 306 g/mol. The number of carbonyl (C=O) groups is 1. The first-order valence-corrected chi connectivity index (χ1v) is 8.14. The van der Waals surface area contributed by atoms with Crippen LogP contribution in [0.1, 0.15) is 56.8 Å². The molecule has 1 spiro atoms. The van der Waals surface area contributed by atoms with Gasteiger partial charge in [-0.25, -0.2) is 4.79 Å². The van der Waals surface area contributed by atoms with Crippen molar-refractivity contribution in [2.24, 2.45) is 0 Å². The average Bonchev–Trinajstić information content (AvgIpc) is 3.17. The highest BCUT2D eigenvalue weighted by atomic mass is 16.8. The Morgan fingerprint density at radius 2 is 1.82 bits per heavy atom. The molecule has 0 radical (unpaired) electrons. The molecule has 0 unspecified atom stereocenters. The van der Waals surface area contributed by atoms with E-state index in [0.717, 1.165) is 36.8 Å². The summed E-state index contributed by atoms with van der Waals surface area (Å²) in [6, 6.07) is 7.95. The molecule has 0 amide bonds. The van der Waals surface area contributed by atoms with Crippen LogP contribution in [0.15, 0.2) is 24.3 Å². The molecule has 1 saturated heterocycles. The number of esters is 1. The van der Waals surface area contributed by atoms with Crippen molar-refractivity contribution in [2.45, 2.75) is 64.4 Å². The molecule has 1 aliphatic carbocycles. The van der Waals surface area contributed by atoms with Crippen LogP contribution in [0.5, 0.6) is 0 Å². The van der Waals surface area contributed by atoms with Gasteiger partial charge in [0.05, 0.1) is 7.11 Å². The molecular formula is C18H26O4. The largest absolute Gasteiger partial charge is 0.467 e. The molecule has 0 bridgehead atoms. The Balaban J connectivity index is 0.000000847. The van der Waals surface area contributed by atoms with Crippen LogP contribution in [-0.4, -0.2) is 25.0 Å². The first-order chi connectivity index (χ1) is 10.7. The standard InChI is InChI=1S/C16H20O4.C2H6/c1-11-7-3-4-8-12(11)13-14(15(17)18-2)20-16(19-13)9-5-6-10-16;1-2/h3-4,7-8,13-14H,5-6,9-10H2,1-2H3;1-2H3/t13-,14+;/m1./s1. The van der Waals surface area contributed by atoms with Crippen LogP contribution in [0.3, 0.4) is 0 Å². The van der Waals surface area contributed by atoms with Gasteiger partial charge in [0, 0.05) is 12.8 Å². The van der Waals surface area contributed by atoms with Crippen molar-refractivity contribution in [3.8, 4) is 0 Å². The molecule has 0 N–H and O–H groups in total. The molecule has 1 aliphatic heterocycles. The molecule has 1 heterocycles. The van der Waals surface area contributed by atoms with Crippen molar-refractivity contribution in [1.29, 1.82) is 0 Å². The summed E-state index contributed by atoms with van der Waals surface area (Å²) in [5.74, 6) is -0.951. The lowest BCUT2D eigenvalue weighted by Crippen LogP contribution is -2.30. The number of rotatable bonds is 2. The van der Waals surface area contributed by atoms with Gasteiger partial charge in [-0.15, -0.1) is 0 Å². The Labute approximate surface area is 132 Å². The maximum Gasteiger partial charge on any atom is 0.338 e. The molecule has 3 rings (SSSR count). The molecule has 1 aromatic rings. The van der Waals surface area contributed by atoms with Gasteiger partial charge in [-0.2, -0.15) is 0 Å². The van der Waals surface area contributed by atoms with Crippen LogP contribution in [0, 0.1) is 6.92 Å². The number of carbonyl (C=O) groups excluding carboxylic acids is 1. The maximum atomic E-state index is 12.0. The molecule has 2 atom stereocenters. The topological polar surface area (TPSA) is 44.8 Å². The van der Waals surface area contributed by atoms with Crippen molar-refractivity contribution in [3.63, 3.8) is 0 Å². The first kappa shape index (κ1) is 17.0. The van der Waals surface area contributed by atoms with Crippen LogP contribution >= 0.6 is 0 Å². The van der Waals surface area contributed by atoms with Crippen molar-refractivity contribution in [2.75, 3.05) is 7.11 Å². The fraction of sp³-hybridized carbons (Fsp3) is 0.611. The third-order valence-electron chi connectivity index (χ3n) is 4.25. The molecule has 22 heavy (non-hydrogen) atoms. The minimum Gasteiger partial charge on any atom is -0.467 e. The van der Waals surface area contributed by atoms with E-state index in [0.29, 0.717) is 0 Å².